The van der Waals surface area contributed by atoms with Gasteiger partial charge in [-0.2, -0.15) is 9.98 Å². The lowest BCUT2D eigenvalue weighted by molar-refractivity contribution is 0.446. The Hall–Kier alpha value is -0.800. The van der Waals surface area contributed by atoms with Crippen LogP contribution in [-0.2, 0) is 10.0 Å². The van der Waals surface area contributed by atoms with Crippen molar-refractivity contribution >= 4 is 33.2 Å². The van der Waals surface area contributed by atoms with Crippen molar-refractivity contribution < 1.29 is 8.42 Å². The van der Waals surface area contributed by atoms with Gasteiger partial charge in [-0.15, -0.1) is 0 Å². The number of sulfonamides is 1. The van der Waals surface area contributed by atoms with Gasteiger partial charge in [-0.05, 0) is 31.0 Å². The van der Waals surface area contributed by atoms with Crippen molar-refractivity contribution in [1.82, 2.24) is 4.72 Å². The first kappa shape index (κ1) is 16.3. The summed E-state index contributed by atoms with van der Waals surface area (Å²) in [4.78, 5) is -0.0495. The fourth-order valence-corrected chi connectivity index (χ4v) is 3.76. The van der Waals surface area contributed by atoms with Crippen molar-refractivity contribution in [3.63, 3.8) is 0 Å². The molecule has 1 N–H and O–H groups in total. The van der Waals surface area contributed by atoms with E-state index in [2.05, 4.69) is 4.72 Å². The van der Waals surface area contributed by atoms with Gasteiger partial charge in [0.05, 0.1) is 11.0 Å². The van der Waals surface area contributed by atoms with Crippen LogP contribution >= 0.6 is 23.2 Å². The van der Waals surface area contributed by atoms with Crippen LogP contribution in [0.2, 0.25) is 10.0 Å². The van der Waals surface area contributed by atoms with Crippen LogP contribution in [0.15, 0.2) is 23.1 Å². The van der Waals surface area contributed by atoms with Crippen molar-refractivity contribution in [2.75, 3.05) is 0 Å². The van der Waals surface area contributed by atoms with E-state index in [-0.39, 0.29) is 14.9 Å². The molecule has 0 saturated carbocycles. The van der Waals surface area contributed by atoms with Crippen molar-refractivity contribution in [2.24, 2.45) is 0 Å². The Balaban J connectivity index is 3.22. The molecule has 0 aliphatic rings. The molecule has 0 atom stereocenters. The second-order valence-corrected chi connectivity index (χ2v) is 6.67. The smallest absolute Gasteiger partial charge is 0.207 e. The number of hydrogen-bond acceptors (Lipinski definition) is 3. The maximum Gasteiger partial charge on any atom is 0.242 e. The molecule has 1 aromatic rings. The topological polar surface area (TPSA) is 70.0 Å². The number of nitrogens with one attached hydrogen (secondary N) is 1. The molecule has 0 radical (unpaired) electrons. The van der Waals surface area contributed by atoms with Crippen LogP contribution in [0.1, 0.15) is 26.7 Å². The van der Waals surface area contributed by atoms with Gasteiger partial charge in [-0.25, -0.2) is 8.42 Å². The molecule has 1 rings (SSSR count). The predicted octanol–water partition coefficient (Wildman–Crippen LogP) is 3.35. The second kappa shape index (κ2) is 6.10. The summed E-state index contributed by atoms with van der Waals surface area (Å²) in [7, 11) is -3.84. The molecule has 0 bridgehead atoms. The zero-order valence-corrected chi connectivity index (χ0v) is 12.9. The van der Waals surface area contributed by atoms with Gasteiger partial charge in [0, 0.05) is 10.0 Å². The van der Waals surface area contributed by atoms with Crippen LogP contribution in [0, 0.1) is 11.3 Å². The minimum Gasteiger partial charge on any atom is -0.207 e. The average Bonchev–Trinajstić information content (AvgIpc) is 2.35. The largest absolute Gasteiger partial charge is 0.242 e. The second-order valence-electron chi connectivity index (χ2n) is 4.11. The number of rotatable bonds is 5. The van der Waals surface area contributed by atoms with E-state index in [0.29, 0.717) is 12.8 Å². The number of halogens is 2. The fourth-order valence-electron chi connectivity index (χ4n) is 1.58. The molecule has 0 aromatic heterocycles. The number of nitrogens with zero attached hydrogens (tertiary/aromatic N) is 1. The first-order valence-electron chi connectivity index (χ1n) is 5.70. The first-order valence-corrected chi connectivity index (χ1v) is 7.94. The Morgan fingerprint density at radius 3 is 2.05 bits per heavy atom. The van der Waals surface area contributed by atoms with Crippen molar-refractivity contribution in [3.05, 3.63) is 28.2 Å². The van der Waals surface area contributed by atoms with Crippen molar-refractivity contribution in [1.29, 1.82) is 5.26 Å². The summed E-state index contributed by atoms with van der Waals surface area (Å²) in [6, 6.07) is 6.05. The SMILES string of the molecule is CCC(C#N)(CC)NS(=O)(=O)c1cc(Cl)cc(Cl)c1. The monoisotopic (exact) mass is 320 g/mol. The van der Waals surface area contributed by atoms with Crippen LogP contribution in [-0.4, -0.2) is 14.0 Å². The standard InChI is InChI=1S/C12H14Cl2N2O2S/c1-3-12(4-2,8-15)16-19(17,18)11-6-9(13)5-10(14)7-11/h5-7,16H,3-4H2,1-2H3. The zero-order valence-electron chi connectivity index (χ0n) is 10.6. The molecule has 1 aromatic carbocycles. The average molecular weight is 321 g/mol. The van der Waals surface area contributed by atoms with E-state index in [9.17, 15) is 8.42 Å². The van der Waals surface area contributed by atoms with E-state index in [1.54, 1.807) is 13.8 Å². The van der Waals surface area contributed by atoms with Gasteiger partial charge in [0.2, 0.25) is 10.0 Å². The van der Waals surface area contributed by atoms with E-state index in [0.717, 1.165) is 0 Å². The van der Waals surface area contributed by atoms with E-state index in [4.69, 9.17) is 28.5 Å². The van der Waals surface area contributed by atoms with Crippen LogP contribution < -0.4 is 4.72 Å². The van der Waals surface area contributed by atoms with Crippen molar-refractivity contribution in [2.45, 2.75) is 37.1 Å². The molecule has 0 aliphatic carbocycles. The number of hydrogen-bond donors (Lipinski definition) is 1. The van der Waals surface area contributed by atoms with E-state index < -0.39 is 15.6 Å². The number of benzene rings is 1. The Bertz CT molecular complexity index is 584. The van der Waals surface area contributed by atoms with E-state index in [1.165, 1.54) is 18.2 Å². The van der Waals surface area contributed by atoms with E-state index in [1.807, 2.05) is 6.07 Å². The maximum absolute atomic E-state index is 12.2. The molecule has 0 amide bonds. The summed E-state index contributed by atoms with van der Waals surface area (Å²) in [6.45, 7) is 3.50. The molecular weight excluding hydrogens is 307 g/mol. The van der Waals surface area contributed by atoms with Crippen molar-refractivity contribution in [3.8, 4) is 6.07 Å². The fraction of sp³-hybridized carbons (Fsp3) is 0.417. The molecule has 7 heteroatoms. The third-order valence-corrected chi connectivity index (χ3v) is 4.85. The third kappa shape index (κ3) is 3.83. The normalized spacial score (nSPS) is 12.2. The summed E-state index contributed by atoms with van der Waals surface area (Å²) in [5.41, 5.74) is -1.12. The highest BCUT2D eigenvalue weighted by Gasteiger charge is 2.32. The molecule has 0 aliphatic heterocycles. The van der Waals surface area contributed by atoms with Crippen LogP contribution in [0.3, 0.4) is 0 Å². The Morgan fingerprint density at radius 1 is 1.21 bits per heavy atom. The Labute approximate surface area is 123 Å². The lowest BCUT2D eigenvalue weighted by Gasteiger charge is -2.24. The molecule has 104 valence electrons. The van der Waals surface area contributed by atoms with Gasteiger partial charge < -0.3 is 0 Å². The third-order valence-electron chi connectivity index (χ3n) is 2.90. The van der Waals surface area contributed by atoms with Crippen LogP contribution in [0.25, 0.3) is 0 Å². The summed E-state index contributed by atoms with van der Waals surface area (Å²) >= 11 is 11.6. The summed E-state index contributed by atoms with van der Waals surface area (Å²) in [5, 5.41) is 9.62. The van der Waals surface area contributed by atoms with E-state index >= 15 is 0 Å². The zero-order chi connectivity index (χ0) is 14.7. The highest BCUT2D eigenvalue weighted by atomic mass is 35.5. The summed E-state index contributed by atoms with van der Waals surface area (Å²) in [6.07, 6.45) is 0.737. The molecule has 0 unspecified atom stereocenters. The number of nitriles is 1. The quantitative estimate of drug-likeness (QED) is 0.904. The molecule has 0 heterocycles. The molecule has 4 nitrogen and oxygen atoms in total. The summed E-state index contributed by atoms with van der Waals surface area (Å²) in [5.74, 6) is 0. The minimum atomic E-state index is -3.84. The molecular formula is C12H14Cl2N2O2S. The highest BCUT2D eigenvalue weighted by molar-refractivity contribution is 7.89. The minimum absolute atomic E-state index is 0.0495. The predicted molar refractivity (Wildman–Crippen MR) is 75.7 cm³/mol. The Morgan fingerprint density at radius 2 is 1.68 bits per heavy atom. The first-order chi connectivity index (χ1) is 8.78. The summed E-state index contributed by atoms with van der Waals surface area (Å²) < 4.78 is 26.9. The van der Waals surface area contributed by atoms with Gasteiger partial charge in [0.15, 0.2) is 0 Å². The lowest BCUT2D eigenvalue weighted by Crippen LogP contribution is -2.46. The van der Waals surface area contributed by atoms with Crippen LogP contribution in [0.4, 0.5) is 0 Å². The van der Waals surface area contributed by atoms with Gasteiger partial charge in [-0.3, -0.25) is 0 Å². The van der Waals surface area contributed by atoms with Crippen LogP contribution in [0.5, 0.6) is 0 Å². The molecule has 0 saturated heterocycles. The van der Waals surface area contributed by atoms with Gasteiger partial charge >= 0.3 is 0 Å². The van der Waals surface area contributed by atoms with Gasteiger partial charge in [0.1, 0.15) is 5.54 Å². The van der Waals surface area contributed by atoms with Gasteiger partial charge in [-0.1, -0.05) is 37.0 Å². The maximum atomic E-state index is 12.2. The Kier molecular flexibility index (Phi) is 5.22. The molecule has 19 heavy (non-hydrogen) atoms. The highest BCUT2D eigenvalue weighted by Crippen LogP contribution is 2.24. The molecule has 0 spiro atoms. The molecule has 0 fully saturated rings. The van der Waals surface area contributed by atoms with Gasteiger partial charge in [0.25, 0.3) is 0 Å². The lowest BCUT2D eigenvalue weighted by atomic mass is 9.97.